The van der Waals surface area contributed by atoms with E-state index in [0.29, 0.717) is 23.8 Å². The fraction of sp³-hybridized carbons (Fsp3) is 0.929. The predicted octanol–water partition coefficient (Wildman–Crippen LogP) is 0.522. The second kappa shape index (κ2) is 4.49. The van der Waals surface area contributed by atoms with E-state index in [9.17, 15) is 4.79 Å². The molecular formula is C14H25N3O. The Hall–Kier alpha value is -0.610. The van der Waals surface area contributed by atoms with E-state index >= 15 is 0 Å². The number of fused-ring (bicyclic) bond motifs is 2. The van der Waals surface area contributed by atoms with Crippen molar-refractivity contribution in [3.8, 4) is 0 Å². The average molecular weight is 251 g/mol. The summed E-state index contributed by atoms with van der Waals surface area (Å²) in [5.74, 6) is 1.65. The molecule has 3 aliphatic rings. The van der Waals surface area contributed by atoms with E-state index in [-0.39, 0.29) is 12.0 Å². The summed E-state index contributed by atoms with van der Waals surface area (Å²) >= 11 is 0. The number of nitrogens with zero attached hydrogens (tertiary/aromatic N) is 2. The molecule has 0 spiro atoms. The molecule has 3 fully saturated rings. The first-order valence-electron chi connectivity index (χ1n) is 7.32. The lowest BCUT2D eigenvalue weighted by Gasteiger charge is -2.41. The Kier molecular flexibility index (Phi) is 3.10. The maximum atomic E-state index is 12.7. The van der Waals surface area contributed by atoms with Crippen LogP contribution in [0.15, 0.2) is 0 Å². The molecule has 2 bridgehead atoms. The van der Waals surface area contributed by atoms with Crippen LogP contribution in [0.4, 0.5) is 0 Å². The minimum atomic E-state index is 0.120. The van der Waals surface area contributed by atoms with E-state index < -0.39 is 0 Å². The van der Waals surface area contributed by atoms with Crippen LogP contribution in [0.25, 0.3) is 0 Å². The van der Waals surface area contributed by atoms with Gasteiger partial charge in [0.15, 0.2) is 0 Å². The van der Waals surface area contributed by atoms with Gasteiger partial charge in [0.25, 0.3) is 0 Å². The first kappa shape index (κ1) is 12.4. The number of hydrogen-bond acceptors (Lipinski definition) is 3. The molecule has 1 aliphatic heterocycles. The van der Waals surface area contributed by atoms with Crippen molar-refractivity contribution in [1.82, 2.24) is 9.80 Å². The molecule has 18 heavy (non-hydrogen) atoms. The van der Waals surface area contributed by atoms with Crippen molar-refractivity contribution in [2.45, 2.75) is 38.3 Å². The average Bonchev–Trinajstić information content (AvgIpc) is 2.88. The van der Waals surface area contributed by atoms with Crippen molar-refractivity contribution in [2.24, 2.45) is 23.5 Å². The predicted molar refractivity (Wildman–Crippen MR) is 71.0 cm³/mol. The van der Waals surface area contributed by atoms with E-state index in [1.54, 1.807) is 0 Å². The smallest absolute Gasteiger partial charge is 0.227 e. The van der Waals surface area contributed by atoms with Crippen molar-refractivity contribution in [3.05, 3.63) is 0 Å². The summed E-state index contributed by atoms with van der Waals surface area (Å²) in [7, 11) is 2.13. The standard InChI is InChI=1S/C14H25N3O/c1-9-8-16(2)5-6-17(9)14(18)12-10-3-4-11(7-10)13(12)15/h9-13H,3-8,15H2,1-2H3. The fourth-order valence-electron chi connectivity index (χ4n) is 4.36. The molecule has 102 valence electrons. The largest absolute Gasteiger partial charge is 0.337 e. The Labute approximate surface area is 109 Å². The summed E-state index contributed by atoms with van der Waals surface area (Å²) in [6.07, 6.45) is 3.66. The molecule has 3 rings (SSSR count). The van der Waals surface area contributed by atoms with Gasteiger partial charge < -0.3 is 15.5 Å². The van der Waals surface area contributed by atoms with Crippen molar-refractivity contribution in [3.63, 3.8) is 0 Å². The van der Waals surface area contributed by atoms with Gasteiger partial charge in [0.05, 0.1) is 5.92 Å². The van der Waals surface area contributed by atoms with Crippen LogP contribution < -0.4 is 5.73 Å². The van der Waals surface area contributed by atoms with Gasteiger partial charge in [-0.2, -0.15) is 0 Å². The number of nitrogens with two attached hydrogens (primary N) is 1. The van der Waals surface area contributed by atoms with Crippen LogP contribution >= 0.6 is 0 Å². The summed E-state index contributed by atoms with van der Waals surface area (Å²) in [6, 6.07) is 0.464. The van der Waals surface area contributed by atoms with Crippen LogP contribution in [0.1, 0.15) is 26.2 Å². The number of carbonyl (C=O) groups is 1. The maximum absolute atomic E-state index is 12.7. The Balaban J connectivity index is 1.71. The minimum Gasteiger partial charge on any atom is -0.337 e. The monoisotopic (exact) mass is 251 g/mol. The SMILES string of the molecule is CC1CN(C)CCN1C(=O)C1C2CCC(C2)C1N. The quantitative estimate of drug-likeness (QED) is 0.739. The lowest BCUT2D eigenvalue weighted by atomic mass is 9.83. The number of piperazine rings is 1. The Morgan fingerprint density at radius 1 is 1.22 bits per heavy atom. The second-order valence-electron chi connectivity index (χ2n) is 6.58. The zero-order chi connectivity index (χ0) is 12.9. The first-order valence-corrected chi connectivity index (χ1v) is 7.32. The van der Waals surface area contributed by atoms with Crippen LogP contribution in [0.5, 0.6) is 0 Å². The third-order valence-corrected chi connectivity index (χ3v) is 5.38. The molecule has 1 saturated heterocycles. The zero-order valence-corrected chi connectivity index (χ0v) is 11.5. The zero-order valence-electron chi connectivity index (χ0n) is 11.5. The van der Waals surface area contributed by atoms with Gasteiger partial charge in [-0.3, -0.25) is 4.79 Å². The summed E-state index contributed by atoms with van der Waals surface area (Å²) < 4.78 is 0. The summed E-state index contributed by atoms with van der Waals surface area (Å²) in [6.45, 7) is 5.01. The number of amides is 1. The fourth-order valence-corrected chi connectivity index (χ4v) is 4.36. The van der Waals surface area contributed by atoms with Gasteiger partial charge >= 0.3 is 0 Å². The van der Waals surface area contributed by atoms with Gasteiger partial charge in [0.1, 0.15) is 0 Å². The van der Waals surface area contributed by atoms with Gasteiger partial charge in [-0.15, -0.1) is 0 Å². The van der Waals surface area contributed by atoms with E-state index in [1.807, 2.05) is 0 Å². The van der Waals surface area contributed by atoms with Crippen molar-refractivity contribution in [1.29, 1.82) is 0 Å². The third kappa shape index (κ3) is 1.86. The molecule has 1 amide bonds. The van der Waals surface area contributed by atoms with Crippen LogP contribution in [0.2, 0.25) is 0 Å². The Morgan fingerprint density at radius 2 is 1.94 bits per heavy atom. The third-order valence-electron chi connectivity index (χ3n) is 5.38. The summed E-state index contributed by atoms with van der Waals surface area (Å²) in [4.78, 5) is 17.1. The molecule has 2 aliphatic carbocycles. The Bertz CT molecular complexity index is 344. The molecule has 4 heteroatoms. The van der Waals surface area contributed by atoms with Gasteiger partial charge in [-0.25, -0.2) is 0 Å². The molecule has 4 nitrogen and oxygen atoms in total. The highest BCUT2D eigenvalue weighted by Crippen LogP contribution is 2.48. The van der Waals surface area contributed by atoms with Gasteiger partial charge in [-0.1, -0.05) is 0 Å². The van der Waals surface area contributed by atoms with Crippen molar-refractivity contribution >= 4 is 5.91 Å². The first-order chi connectivity index (χ1) is 8.58. The highest BCUT2D eigenvalue weighted by atomic mass is 16.2. The van der Waals surface area contributed by atoms with Gasteiger partial charge in [0, 0.05) is 31.7 Å². The number of likely N-dealkylation sites (N-methyl/N-ethyl adjacent to an activating group) is 1. The number of carbonyl (C=O) groups excluding carboxylic acids is 1. The van der Waals surface area contributed by atoms with Crippen LogP contribution in [-0.2, 0) is 4.79 Å². The lowest BCUT2D eigenvalue weighted by molar-refractivity contribution is -0.142. The van der Waals surface area contributed by atoms with E-state index in [1.165, 1.54) is 19.3 Å². The molecule has 5 unspecified atom stereocenters. The normalized spacial score (nSPS) is 44.6. The van der Waals surface area contributed by atoms with E-state index in [0.717, 1.165) is 19.6 Å². The van der Waals surface area contributed by atoms with Gasteiger partial charge in [0.2, 0.25) is 5.91 Å². The molecular weight excluding hydrogens is 226 g/mol. The maximum Gasteiger partial charge on any atom is 0.227 e. The van der Waals surface area contributed by atoms with E-state index in [4.69, 9.17) is 5.73 Å². The molecule has 2 saturated carbocycles. The molecule has 0 aromatic heterocycles. The van der Waals surface area contributed by atoms with Crippen molar-refractivity contribution < 1.29 is 4.79 Å². The van der Waals surface area contributed by atoms with Crippen LogP contribution in [0, 0.1) is 17.8 Å². The molecule has 1 heterocycles. The molecule has 5 atom stereocenters. The van der Waals surface area contributed by atoms with E-state index in [2.05, 4.69) is 23.8 Å². The van der Waals surface area contributed by atoms with Crippen LogP contribution in [0.3, 0.4) is 0 Å². The number of rotatable bonds is 1. The highest BCUT2D eigenvalue weighted by Gasteiger charge is 2.50. The molecule has 2 N–H and O–H groups in total. The van der Waals surface area contributed by atoms with Crippen LogP contribution in [-0.4, -0.2) is 54.5 Å². The molecule has 0 radical (unpaired) electrons. The second-order valence-corrected chi connectivity index (χ2v) is 6.58. The van der Waals surface area contributed by atoms with Gasteiger partial charge in [-0.05, 0) is 45.1 Å². The lowest BCUT2D eigenvalue weighted by Crippen LogP contribution is -2.57. The molecule has 0 aromatic rings. The number of hydrogen-bond donors (Lipinski definition) is 1. The Morgan fingerprint density at radius 3 is 2.56 bits per heavy atom. The van der Waals surface area contributed by atoms with Crippen molar-refractivity contribution in [2.75, 3.05) is 26.7 Å². The minimum absolute atomic E-state index is 0.120. The topological polar surface area (TPSA) is 49.6 Å². The summed E-state index contributed by atoms with van der Waals surface area (Å²) in [5.41, 5.74) is 6.29. The summed E-state index contributed by atoms with van der Waals surface area (Å²) in [5, 5.41) is 0. The molecule has 0 aromatic carbocycles. The highest BCUT2D eigenvalue weighted by molar-refractivity contribution is 5.81.